The van der Waals surface area contributed by atoms with Gasteiger partial charge in [0.05, 0.1) is 5.69 Å². The quantitative estimate of drug-likeness (QED) is 0.577. The molecule has 9 nitrogen and oxygen atoms in total. The summed E-state index contributed by atoms with van der Waals surface area (Å²) in [7, 11) is 0. The van der Waals surface area contributed by atoms with E-state index in [0.29, 0.717) is 16.5 Å². The van der Waals surface area contributed by atoms with Crippen molar-refractivity contribution in [1.29, 1.82) is 0 Å². The molecular formula is C15H14ClN3O6. The van der Waals surface area contributed by atoms with E-state index < -0.39 is 24.4 Å². The Labute approximate surface area is 147 Å². The molecule has 0 aliphatic heterocycles. The molecule has 0 aliphatic carbocycles. The number of nitrogens with zero attached hydrogens (tertiary/aromatic N) is 1. The average Bonchev–Trinajstić information content (AvgIpc) is 3.04. The highest BCUT2D eigenvalue weighted by Crippen LogP contribution is 2.15. The molecular weight excluding hydrogens is 354 g/mol. The second-order valence-electron chi connectivity index (χ2n) is 4.75. The number of rotatable bonds is 6. The average molecular weight is 368 g/mol. The number of carbonyl (C=O) groups excluding carboxylic acids is 3. The van der Waals surface area contributed by atoms with E-state index in [1.807, 2.05) is 0 Å². The molecule has 25 heavy (non-hydrogen) atoms. The lowest BCUT2D eigenvalue weighted by Gasteiger charge is -2.09. The molecule has 132 valence electrons. The molecule has 2 N–H and O–H groups in total. The Balaban J connectivity index is 1.64. The monoisotopic (exact) mass is 367 g/mol. The van der Waals surface area contributed by atoms with Gasteiger partial charge in [-0.25, -0.2) is 4.79 Å². The van der Waals surface area contributed by atoms with E-state index in [4.69, 9.17) is 21.1 Å². The fraction of sp³-hybridized carbons (Fsp3) is 0.200. The third-order valence-electron chi connectivity index (χ3n) is 2.69. The third-order valence-corrected chi connectivity index (χ3v) is 2.94. The lowest BCUT2D eigenvalue weighted by Crippen LogP contribution is -2.45. The molecule has 0 unspecified atom stereocenters. The van der Waals surface area contributed by atoms with Crippen molar-refractivity contribution >= 4 is 29.4 Å². The van der Waals surface area contributed by atoms with Crippen LogP contribution >= 0.6 is 11.6 Å². The Morgan fingerprint density at radius 3 is 2.36 bits per heavy atom. The van der Waals surface area contributed by atoms with E-state index in [1.165, 1.54) is 6.07 Å². The van der Waals surface area contributed by atoms with E-state index in [1.54, 1.807) is 31.2 Å². The lowest BCUT2D eigenvalue weighted by molar-refractivity contribution is -0.131. The lowest BCUT2D eigenvalue weighted by atomic mass is 10.3. The molecule has 1 aromatic carbocycles. The standard InChI is InChI=1S/C15H14ClN3O6/c1-9-6-12(25-19-9)15(22)24-8-14(21)18-17-13(20)7-23-11-4-2-10(16)3-5-11/h2-6H,7-8H2,1H3,(H,17,20)(H,18,21). The van der Waals surface area contributed by atoms with Gasteiger partial charge in [-0.1, -0.05) is 16.8 Å². The van der Waals surface area contributed by atoms with Crippen LogP contribution in [0.25, 0.3) is 0 Å². The normalized spacial score (nSPS) is 10.0. The van der Waals surface area contributed by atoms with Crippen molar-refractivity contribution in [2.75, 3.05) is 13.2 Å². The van der Waals surface area contributed by atoms with Crippen molar-refractivity contribution in [3.8, 4) is 5.75 Å². The van der Waals surface area contributed by atoms with Crippen LogP contribution in [-0.2, 0) is 14.3 Å². The van der Waals surface area contributed by atoms with E-state index in [0.717, 1.165) is 0 Å². The Morgan fingerprint density at radius 2 is 1.76 bits per heavy atom. The number of carbonyl (C=O) groups is 3. The minimum Gasteiger partial charge on any atom is -0.484 e. The van der Waals surface area contributed by atoms with Gasteiger partial charge < -0.3 is 14.0 Å². The maximum Gasteiger partial charge on any atom is 0.377 e. The molecule has 0 bridgehead atoms. The summed E-state index contributed by atoms with van der Waals surface area (Å²) in [6, 6.07) is 7.79. The van der Waals surface area contributed by atoms with Crippen LogP contribution < -0.4 is 15.6 Å². The van der Waals surface area contributed by atoms with Crippen LogP contribution in [0.3, 0.4) is 0 Å². The first-order chi connectivity index (χ1) is 11.9. The first kappa shape index (κ1) is 18.3. The SMILES string of the molecule is Cc1cc(C(=O)OCC(=O)NNC(=O)COc2ccc(Cl)cc2)on1. The number of hydrogen-bond acceptors (Lipinski definition) is 7. The maximum atomic E-state index is 11.5. The third kappa shape index (κ3) is 6.15. The molecule has 0 spiro atoms. The number of aryl methyl sites for hydroxylation is 1. The predicted octanol–water partition coefficient (Wildman–Crippen LogP) is 1.02. The van der Waals surface area contributed by atoms with E-state index >= 15 is 0 Å². The molecule has 0 fully saturated rings. The van der Waals surface area contributed by atoms with Gasteiger partial charge in [0.1, 0.15) is 5.75 Å². The second kappa shape index (κ2) is 8.69. The summed E-state index contributed by atoms with van der Waals surface area (Å²) in [6.45, 7) is 0.713. The number of nitrogens with one attached hydrogen (secondary N) is 2. The van der Waals surface area contributed by atoms with E-state index in [9.17, 15) is 14.4 Å². The summed E-state index contributed by atoms with van der Waals surface area (Å²) >= 11 is 5.72. The summed E-state index contributed by atoms with van der Waals surface area (Å²) < 4.78 is 14.6. The molecule has 2 rings (SSSR count). The minimum absolute atomic E-state index is 0.120. The Bertz CT molecular complexity index is 759. The number of halogens is 1. The molecule has 2 amide bonds. The number of hydrazine groups is 1. The van der Waals surface area contributed by atoms with Crippen molar-refractivity contribution in [1.82, 2.24) is 16.0 Å². The largest absolute Gasteiger partial charge is 0.484 e. The van der Waals surface area contributed by atoms with Crippen LogP contribution in [-0.4, -0.2) is 36.2 Å². The predicted molar refractivity (Wildman–Crippen MR) is 84.8 cm³/mol. The molecule has 0 aliphatic rings. The Hall–Kier alpha value is -3.07. The second-order valence-corrected chi connectivity index (χ2v) is 5.18. The van der Waals surface area contributed by atoms with Gasteiger partial charge in [0, 0.05) is 11.1 Å². The highest BCUT2D eigenvalue weighted by molar-refractivity contribution is 6.30. The molecule has 0 radical (unpaired) electrons. The van der Waals surface area contributed by atoms with Gasteiger partial charge in [-0.05, 0) is 31.2 Å². The smallest absolute Gasteiger partial charge is 0.377 e. The van der Waals surface area contributed by atoms with Crippen LogP contribution in [0.2, 0.25) is 5.02 Å². The van der Waals surface area contributed by atoms with Crippen molar-refractivity contribution in [2.24, 2.45) is 0 Å². The van der Waals surface area contributed by atoms with Crippen molar-refractivity contribution in [3.63, 3.8) is 0 Å². The van der Waals surface area contributed by atoms with Crippen LogP contribution in [0.1, 0.15) is 16.2 Å². The molecule has 0 saturated carbocycles. The van der Waals surface area contributed by atoms with Crippen LogP contribution in [0.15, 0.2) is 34.9 Å². The van der Waals surface area contributed by atoms with Gasteiger partial charge in [-0.3, -0.25) is 20.4 Å². The first-order valence-corrected chi connectivity index (χ1v) is 7.38. The zero-order chi connectivity index (χ0) is 18.2. The van der Waals surface area contributed by atoms with Gasteiger partial charge in [-0.2, -0.15) is 0 Å². The summed E-state index contributed by atoms with van der Waals surface area (Å²) in [5.74, 6) is -1.84. The van der Waals surface area contributed by atoms with Crippen molar-refractivity contribution in [2.45, 2.75) is 6.92 Å². The van der Waals surface area contributed by atoms with Crippen molar-refractivity contribution in [3.05, 3.63) is 46.8 Å². The van der Waals surface area contributed by atoms with Gasteiger partial charge in [0.2, 0.25) is 5.76 Å². The van der Waals surface area contributed by atoms with Crippen LogP contribution in [0.4, 0.5) is 0 Å². The molecule has 1 aromatic heterocycles. The highest BCUT2D eigenvalue weighted by Gasteiger charge is 2.15. The van der Waals surface area contributed by atoms with Gasteiger partial charge in [0.25, 0.3) is 11.8 Å². The Morgan fingerprint density at radius 1 is 1.12 bits per heavy atom. The summed E-state index contributed by atoms with van der Waals surface area (Å²) in [5.41, 5.74) is 4.70. The van der Waals surface area contributed by atoms with Crippen LogP contribution in [0.5, 0.6) is 5.75 Å². The highest BCUT2D eigenvalue weighted by atomic mass is 35.5. The summed E-state index contributed by atoms with van der Waals surface area (Å²) in [4.78, 5) is 34.6. The van der Waals surface area contributed by atoms with Gasteiger partial charge in [-0.15, -0.1) is 0 Å². The number of aromatic nitrogens is 1. The zero-order valence-electron chi connectivity index (χ0n) is 13.1. The first-order valence-electron chi connectivity index (χ1n) is 7.00. The summed E-state index contributed by atoms with van der Waals surface area (Å²) in [5, 5.41) is 4.06. The molecule has 0 saturated heterocycles. The Kier molecular flexibility index (Phi) is 6.35. The maximum absolute atomic E-state index is 11.5. The van der Waals surface area contributed by atoms with Gasteiger partial charge >= 0.3 is 5.97 Å². The molecule has 0 atom stereocenters. The number of hydrogen-bond donors (Lipinski definition) is 2. The molecule has 2 aromatic rings. The molecule has 10 heteroatoms. The number of esters is 1. The fourth-order valence-electron chi connectivity index (χ4n) is 1.55. The number of ether oxygens (including phenoxy) is 2. The van der Waals surface area contributed by atoms with Crippen LogP contribution in [0, 0.1) is 6.92 Å². The topological polar surface area (TPSA) is 120 Å². The fourth-order valence-corrected chi connectivity index (χ4v) is 1.68. The minimum atomic E-state index is -0.840. The van der Waals surface area contributed by atoms with Gasteiger partial charge in [0.15, 0.2) is 13.2 Å². The summed E-state index contributed by atoms with van der Waals surface area (Å²) in [6.07, 6.45) is 0. The molecule has 1 heterocycles. The number of benzene rings is 1. The number of amides is 2. The van der Waals surface area contributed by atoms with E-state index in [-0.39, 0.29) is 12.4 Å². The van der Waals surface area contributed by atoms with Crippen molar-refractivity contribution < 1.29 is 28.4 Å². The van der Waals surface area contributed by atoms with E-state index in [2.05, 4.69) is 20.5 Å². The zero-order valence-corrected chi connectivity index (χ0v) is 13.8.